The van der Waals surface area contributed by atoms with E-state index in [-0.39, 0.29) is 0 Å². The highest BCUT2D eigenvalue weighted by atomic mass is 32.1. The Hall–Kier alpha value is -1.73. The molecule has 0 amide bonds. The van der Waals surface area contributed by atoms with E-state index in [0.29, 0.717) is 5.92 Å². The molecule has 1 heteroatoms. The third-order valence-corrected chi connectivity index (χ3v) is 3.25. The predicted molar refractivity (Wildman–Crippen MR) is 88.8 cm³/mol. The van der Waals surface area contributed by atoms with Crippen LogP contribution >= 0.6 is 12.6 Å². The van der Waals surface area contributed by atoms with Gasteiger partial charge in [0, 0.05) is 4.90 Å². The summed E-state index contributed by atoms with van der Waals surface area (Å²) < 4.78 is 0. The molecule has 1 aliphatic rings. The van der Waals surface area contributed by atoms with E-state index in [9.17, 15) is 0 Å². The summed E-state index contributed by atoms with van der Waals surface area (Å²) in [6.45, 7) is 10.3. The number of fused-ring (bicyclic) bond motifs is 1. The minimum Gasteiger partial charge on any atom is -0.143 e. The third kappa shape index (κ3) is 3.87. The van der Waals surface area contributed by atoms with Crippen LogP contribution in [0.4, 0.5) is 0 Å². The molecule has 1 atom stereocenters. The molecule has 0 spiro atoms. The van der Waals surface area contributed by atoms with Crippen LogP contribution < -0.4 is 10.4 Å². The lowest BCUT2D eigenvalue weighted by Crippen LogP contribution is -1.98. The molecule has 0 nitrogen and oxygen atoms in total. The molecule has 0 heterocycles. The van der Waals surface area contributed by atoms with E-state index < -0.39 is 0 Å². The first-order valence-corrected chi connectivity index (χ1v) is 6.76. The molecule has 1 unspecified atom stereocenters. The van der Waals surface area contributed by atoms with Gasteiger partial charge in [-0.1, -0.05) is 50.5 Å². The highest BCUT2D eigenvalue weighted by Crippen LogP contribution is 2.16. The van der Waals surface area contributed by atoms with Crippen LogP contribution in [0.2, 0.25) is 0 Å². The van der Waals surface area contributed by atoms with Crippen LogP contribution in [0.3, 0.4) is 0 Å². The van der Waals surface area contributed by atoms with Crippen molar-refractivity contribution in [3.05, 3.63) is 64.0 Å². The summed E-state index contributed by atoms with van der Waals surface area (Å²) in [6.07, 6.45) is 8.67. The highest BCUT2D eigenvalue weighted by molar-refractivity contribution is 7.80. The molecule has 0 N–H and O–H groups in total. The Bertz CT molecular complexity index is 694. The smallest absolute Gasteiger partial charge is 0.00459 e. The Morgan fingerprint density at radius 3 is 2.11 bits per heavy atom. The molecule has 1 aromatic rings. The molecule has 1 aromatic carbocycles. The van der Waals surface area contributed by atoms with Gasteiger partial charge in [0.1, 0.15) is 0 Å². The average Bonchev–Trinajstić information content (AvgIpc) is 2.51. The Morgan fingerprint density at radius 2 is 1.47 bits per heavy atom. The van der Waals surface area contributed by atoms with Crippen LogP contribution in [0.25, 0.3) is 25.3 Å². The summed E-state index contributed by atoms with van der Waals surface area (Å²) in [7, 11) is 0. The number of thiol groups is 1. The SMILES string of the molecule is C=c1ccc(S)cc(=C)cc2c(c1)C=CC(C)C=C2. The quantitative estimate of drug-likeness (QED) is 0.682. The number of allylic oxidation sites excluding steroid dienone is 2. The van der Waals surface area contributed by atoms with Gasteiger partial charge in [-0.25, -0.2) is 0 Å². The molecule has 2 rings (SSSR count). The Balaban J connectivity index is 2.85. The average molecular weight is 266 g/mol. The Morgan fingerprint density at radius 1 is 0.895 bits per heavy atom. The number of hydrogen-bond acceptors (Lipinski definition) is 1. The van der Waals surface area contributed by atoms with E-state index in [1.807, 2.05) is 18.2 Å². The van der Waals surface area contributed by atoms with E-state index in [4.69, 9.17) is 0 Å². The second-order valence-electron chi connectivity index (χ2n) is 4.83. The van der Waals surface area contributed by atoms with Gasteiger partial charge in [-0.3, -0.25) is 0 Å². The molecule has 0 saturated heterocycles. The number of hydrogen-bond donors (Lipinski definition) is 1. The van der Waals surface area contributed by atoms with Crippen molar-refractivity contribution in [2.24, 2.45) is 5.92 Å². The first kappa shape index (κ1) is 13.7. The largest absolute Gasteiger partial charge is 0.143 e. The predicted octanol–water partition coefficient (Wildman–Crippen LogP) is 3.60. The summed E-state index contributed by atoms with van der Waals surface area (Å²) >= 11 is 4.41. The monoisotopic (exact) mass is 266 g/mol. The van der Waals surface area contributed by atoms with Crippen molar-refractivity contribution in [1.82, 2.24) is 0 Å². The second-order valence-corrected chi connectivity index (χ2v) is 5.35. The van der Waals surface area contributed by atoms with Crippen LogP contribution in [0, 0.1) is 5.92 Å². The lowest BCUT2D eigenvalue weighted by molar-refractivity contribution is 0.954. The van der Waals surface area contributed by atoms with Crippen LogP contribution in [-0.2, 0) is 0 Å². The van der Waals surface area contributed by atoms with Crippen LogP contribution in [0.15, 0.2) is 47.4 Å². The van der Waals surface area contributed by atoms with Crippen molar-refractivity contribution in [3.8, 4) is 0 Å². The molecular formula is C18H18S. The lowest BCUT2D eigenvalue weighted by Gasteiger charge is -1.96. The first-order chi connectivity index (χ1) is 9.04. The van der Waals surface area contributed by atoms with Gasteiger partial charge in [0.05, 0.1) is 0 Å². The molecule has 0 fully saturated rings. The maximum atomic E-state index is 4.41. The third-order valence-electron chi connectivity index (χ3n) is 2.98. The summed E-state index contributed by atoms with van der Waals surface area (Å²) in [6, 6.07) is 10.0. The van der Waals surface area contributed by atoms with Crippen molar-refractivity contribution < 1.29 is 0 Å². The van der Waals surface area contributed by atoms with E-state index in [1.54, 1.807) is 0 Å². The van der Waals surface area contributed by atoms with E-state index in [0.717, 1.165) is 26.5 Å². The molecule has 1 aliphatic carbocycles. The van der Waals surface area contributed by atoms with Crippen molar-refractivity contribution in [3.63, 3.8) is 0 Å². The normalized spacial score (nSPS) is 16.4. The zero-order chi connectivity index (χ0) is 13.8. The van der Waals surface area contributed by atoms with Crippen molar-refractivity contribution in [2.75, 3.05) is 0 Å². The molecule has 19 heavy (non-hydrogen) atoms. The van der Waals surface area contributed by atoms with Crippen LogP contribution in [0.5, 0.6) is 0 Å². The summed E-state index contributed by atoms with van der Waals surface area (Å²) in [5, 5.41) is 1.90. The van der Waals surface area contributed by atoms with Gasteiger partial charge in [-0.2, -0.15) is 0 Å². The van der Waals surface area contributed by atoms with E-state index in [1.165, 1.54) is 0 Å². The minimum atomic E-state index is 0.437. The van der Waals surface area contributed by atoms with E-state index >= 15 is 0 Å². The van der Waals surface area contributed by atoms with Gasteiger partial charge in [-0.15, -0.1) is 12.6 Å². The first-order valence-electron chi connectivity index (χ1n) is 6.31. The topological polar surface area (TPSA) is 0 Å². The Kier molecular flexibility index (Phi) is 4.28. The second kappa shape index (κ2) is 5.94. The fourth-order valence-corrected chi connectivity index (χ4v) is 2.19. The maximum Gasteiger partial charge on any atom is 0.00459 e. The lowest BCUT2D eigenvalue weighted by atomic mass is 10.1. The van der Waals surface area contributed by atoms with Gasteiger partial charge in [-0.05, 0) is 51.7 Å². The molecule has 0 radical (unpaired) electrons. The highest BCUT2D eigenvalue weighted by Gasteiger charge is 1.99. The molecule has 0 aromatic heterocycles. The molecule has 96 valence electrons. The van der Waals surface area contributed by atoms with Crippen molar-refractivity contribution in [2.45, 2.75) is 11.8 Å². The van der Waals surface area contributed by atoms with Crippen LogP contribution in [0.1, 0.15) is 18.1 Å². The van der Waals surface area contributed by atoms with Gasteiger partial charge in [0.25, 0.3) is 0 Å². The minimum absolute atomic E-state index is 0.437. The molecule has 0 saturated carbocycles. The summed E-state index contributed by atoms with van der Waals surface area (Å²) in [5.74, 6) is 0.437. The molecule has 0 bridgehead atoms. The standard InChI is InChI=1S/C18H18S/c1-13-4-7-16-10-14(2)6-9-18(19)12-15(3)11-17(16)8-5-13/h4-13,19H,2-3H2,1H3. The van der Waals surface area contributed by atoms with Gasteiger partial charge >= 0.3 is 0 Å². The van der Waals surface area contributed by atoms with Crippen molar-refractivity contribution in [1.29, 1.82) is 0 Å². The Labute approximate surface area is 120 Å². The van der Waals surface area contributed by atoms with E-state index in [2.05, 4.69) is 69.1 Å². The number of rotatable bonds is 0. The molecule has 0 aliphatic heterocycles. The zero-order valence-corrected chi connectivity index (χ0v) is 12.0. The van der Waals surface area contributed by atoms with Gasteiger partial charge in [0.15, 0.2) is 0 Å². The maximum absolute atomic E-state index is 4.41. The van der Waals surface area contributed by atoms with Gasteiger partial charge in [0.2, 0.25) is 0 Å². The zero-order valence-electron chi connectivity index (χ0n) is 11.1. The summed E-state index contributed by atoms with van der Waals surface area (Å²) in [4.78, 5) is 0.876. The molecular weight excluding hydrogens is 248 g/mol. The summed E-state index contributed by atoms with van der Waals surface area (Å²) in [5.41, 5.74) is 2.31. The van der Waals surface area contributed by atoms with Crippen molar-refractivity contribution >= 4 is 37.9 Å². The fraction of sp³-hybridized carbons (Fsp3) is 0.111. The fourth-order valence-electron chi connectivity index (χ4n) is 1.95. The van der Waals surface area contributed by atoms with Crippen LogP contribution in [-0.4, -0.2) is 0 Å². The van der Waals surface area contributed by atoms with Gasteiger partial charge < -0.3 is 0 Å².